The molecule has 7 heteroatoms. The predicted octanol–water partition coefficient (Wildman–Crippen LogP) is 2.12. The molecule has 126 valence electrons. The summed E-state index contributed by atoms with van der Waals surface area (Å²) in [4.78, 5) is 24.2. The molecule has 7 nitrogen and oxygen atoms in total. The molecule has 0 radical (unpaired) electrons. The van der Waals surface area contributed by atoms with Crippen LogP contribution in [0.5, 0.6) is 0 Å². The quantitative estimate of drug-likeness (QED) is 0.625. The van der Waals surface area contributed by atoms with Gasteiger partial charge in [0.05, 0.1) is 11.0 Å². The molecule has 1 unspecified atom stereocenters. The van der Waals surface area contributed by atoms with Gasteiger partial charge in [-0.3, -0.25) is 14.9 Å². The van der Waals surface area contributed by atoms with Gasteiger partial charge in [0.1, 0.15) is 0 Å². The first-order valence-corrected chi connectivity index (χ1v) is 7.36. The van der Waals surface area contributed by atoms with Crippen LogP contribution in [0.4, 0.5) is 11.4 Å². The zero-order valence-corrected chi connectivity index (χ0v) is 13.5. The molecule has 0 aliphatic heterocycles. The third-order valence-corrected chi connectivity index (χ3v) is 3.57. The number of hydrogen-bond acceptors (Lipinski definition) is 5. The summed E-state index contributed by atoms with van der Waals surface area (Å²) >= 11 is 0. The minimum Gasteiger partial charge on any atom is -0.387 e. The monoisotopic (exact) mass is 329 g/mol. The Morgan fingerprint density at radius 2 is 1.92 bits per heavy atom. The van der Waals surface area contributed by atoms with Crippen LogP contribution in [-0.4, -0.2) is 36.6 Å². The zero-order valence-electron chi connectivity index (χ0n) is 13.5. The Balaban J connectivity index is 1.98. The second kappa shape index (κ2) is 7.56. The lowest BCUT2D eigenvalue weighted by Crippen LogP contribution is -2.28. The molecule has 0 saturated heterocycles. The Morgan fingerprint density at radius 3 is 2.50 bits per heavy atom. The highest BCUT2D eigenvalue weighted by Gasteiger charge is 2.13. The SMILES string of the molecule is CN(C)c1cccc(C(=O)NCC(O)c2ccc([N+](=O)[O-])cc2)c1. The average molecular weight is 329 g/mol. The molecule has 0 fully saturated rings. The Hall–Kier alpha value is -2.93. The van der Waals surface area contributed by atoms with Crippen molar-refractivity contribution in [1.29, 1.82) is 0 Å². The summed E-state index contributed by atoms with van der Waals surface area (Å²) in [5.74, 6) is -0.292. The minimum absolute atomic E-state index is 0.0167. The number of nitrogens with one attached hydrogen (secondary N) is 1. The van der Waals surface area contributed by atoms with Crippen molar-refractivity contribution in [3.05, 3.63) is 69.8 Å². The highest BCUT2D eigenvalue weighted by molar-refractivity contribution is 5.95. The number of carbonyl (C=O) groups excluding carboxylic acids is 1. The van der Waals surface area contributed by atoms with Crippen molar-refractivity contribution in [3.63, 3.8) is 0 Å². The van der Waals surface area contributed by atoms with Gasteiger partial charge in [0, 0.05) is 44.0 Å². The first-order chi connectivity index (χ1) is 11.4. The van der Waals surface area contributed by atoms with Crippen LogP contribution in [0, 0.1) is 10.1 Å². The van der Waals surface area contributed by atoms with Gasteiger partial charge in [0.15, 0.2) is 0 Å². The molecule has 0 spiro atoms. The highest BCUT2D eigenvalue weighted by atomic mass is 16.6. The van der Waals surface area contributed by atoms with Crippen LogP contribution >= 0.6 is 0 Å². The number of aliphatic hydroxyl groups excluding tert-OH is 1. The van der Waals surface area contributed by atoms with E-state index in [-0.39, 0.29) is 18.1 Å². The van der Waals surface area contributed by atoms with Crippen LogP contribution in [0.1, 0.15) is 22.0 Å². The molecule has 2 rings (SSSR count). The molecule has 24 heavy (non-hydrogen) atoms. The van der Waals surface area contributed by atoms with E-state index >= 15 is 0 Å². The fourth-order valence-electron chi connectivity index (χ4n) is 2.15. The van der Waals surface area contributed by atoms with Gasteiger partial charge >= 0.3 is 0 Å². The standard InChI is InChI=1S/C17H19N3O4/c1-19(2)15-5-3-4-13(10-15)17(22)18-11-16(21)12-6-8-14(9-7-12)20(23)24/h3-10,16,21H,11H2,1-2H3,(H,18,22). The number of rotatable bonds is 6. The van der Waals surface area contributed by atoms with Gasteiger partial charge in [0.25, 0.3) is 11.6 Å². The third-order valence-electron chi connectivity index (χ3n) is 3.57. The minimum atomic E-state index is -0.938. The predicted molar refractivity (Wildman–Crippen MR) is 91.2 cm³/mol. The smallest absolute Gasteiger partial charge is 0.269 e. The molecule has 1 amide bonds. The lowest BCUT2D eigenvalue weighted by atomic mass is 10.1. The molecule has 0 saturated carbocycles. The molecule has 1 atom stereocenters. The average Bonchev–Trinajstić information content (AvgIpc) is 2.59. The summed E-state index contributed by atoms with van der Waals surface area (Å²) in [6, 6.07) is 12.7. The normalized spacial score (nSPS) is 11.6. The van der Waals surface area contributed by atoms with E-state index in [1.165, 1.54) is 24.3 Å². The number of benzene rings is 2. The number of anilines is 1. The maximum absolute atomic E-state index is 12.2. The summed E-state index contributed by atoms with van der Waals surface area (Å²) in [7, 11) is 3.77. The summed E-state index contributed by atoms with van der Waals surface area (Å²) in [5.41, 5.74) is 1.86. The molecule has 2 aromatic carbocycles. The van der Waals surface area contributed by atoms with Crippen molar-refractivity contribution in [2.24, 2.45) is 0 Å². The fraction of sp³-hybridized carbons (Fsp3) is 0.235. The van der Waals surface area contributed by atoms with Crippen LogP contribution in [0.25, 0.3) is 0 Å². The fourth-order valence-corrected chi connectivity index (χ4v) is 2.15. The Morgan fingerprint density at radius 1 is 1.25 bits per heavy atom. The molecule has 0 aliphatic rings. The molecule has 0 aromatic heterocycles. The highest BCUT2D eigenvalue weighted by Crippen LogP contribution is 2.18. The Labute approximate surface area is 139 Å². The summed E-state index contributed by atoms with van der Waals surface area (Å²) in [6.07, 6.45) is -0.938. The second-order valence-corrected chi connectivity index (χ2v) is 5.52. The van der Waals surface area contributed by atoms with Crippen molar-refractivity contribution >= 4 is 17.3 Å². The first-order valence-electron chi connectivity index (χ1n) is 7.36. The van der Waals surface area contributed by atoms with E-state index in [0.717, 1.165) is 5.69 Å². The molecule has 0 heterocycles. The zero-order chi connectivity index (χ0) is 17.7. The topological polar surface area (TPSA) is 95.7 Å². The van der Waals surface area contributed by atoms with Gasteiger partial charge in [0.2, 0.25) is 0 Å². The van der Waals surface area contributed by atoms with Gasteiger partial charge in [-0.25, -0.2) is 0 Å². The summed E-state index contributed by atoms with van der Waals surface area (Å²) in [6.45, 7) is 0.0167. The van der Waals surface area contributed by atoms with E-state index in [9.17, 15) is 20.0 Å². The number of aliphatic hydroxyl groups is 1. The van der Waals surface area contributed by atoms with Crippen molar-refractivity contribution in [3.8, 4) is 0 Å². The van der Waals surface area contributed by atoms with E-state index < -0.39 is 11.0 Å². The van der Waals surface area contributed by atoms with Crippen molar-refractivity contribution in [1.82, 2.24) is 5.32 Å². The van der Waals surface area contributed by atoms with Crippen molar-refractivity contribution in [2.45, 2.75) is 6.10 Å². The molecule has 2 N–H and O–H groups in total. The van der Waals surface area contributed by atoms with E-state index in [0.29, 0.717) is 11.1 Å². The van der Waals surface area contributed by atoms with Crippen LogP contribution < -0.4 is 10.2 Å². The maximum Gasteiger partial charge on any atom is 0.269 e. The van der Waals surface area contributed by atoms with E-state index in [4.69, 9.17) is 0 Å². The molecule has 0 bridgehead atoms. The number of nitro groups is 1. The van der Waals surface area contributed by atoms with E-state index in [1.54, 1.807) is 18.2 Å². The molecule has 2 aromatic rings. The van der Waals surface area contributed by atoms with Gasteiger partial charge < -0.3 is 15.3 Å². The number of non-ortho nitro benzene ring substituents is 1. The van der Waals surface area contributed by atoms with E-state index in [2.05, 4.69) is 5.32 Å². The van der Waals surface area contributed by atoms with Crippen molar-refractivity contribution < 1.29 is 14.8 Å². The van der Waals surface area contributed by atoms with Crippen LogP contribution in [-0.2, 0) is 0 Å². The molecular weight excluding hydrogens is 310 g/mol. The Kier molecular flexibility index (Phi) is 5.49. The summed E-state index contributed by atoms with van der Waals surface area (Å²) in [5, 5.41) is 23.4. The number of nitro benzene ring substituents is 1. The molecular formula is C17H19N3O4. The van der Waals surface area contributed by atoms with Gasteiger partial charge in [-0.1, -0.05) is 6.07 Å². The van der Waals surface area contributed by atoms with Crippen LogP contribution in [0.3, 0.4) is 0 Å². The number of carbonyl (C=O) groups is 1. The number of nitrogens with zero attached hydrogens (tertiary/aromatic N) is 2. The summed E-state index contributed by atoms with van der Waals surface area (Å²) < 4.78 is 0. The van der Waals surface area contributed by atoms with Crippen molar-refractivity contribution in [2.75, 3.05) is 25.5 Å². The van der Waals surface area contributed by atoms with Gasteiger partial charge in [-0.05, 0) is 35.9 Å². The van der Waals surface area contributed by atoms with Crippen LogP contribution in [0.15, 0.2) is 48.5 Å². The third kappa shape index (κ3) is 4.30. The van der Waals surface area contributed by atoms with E-state index in [1.807, 2.05) is 25.1 Å². The molecule has 0 aliphatic carbocycles. The second-order valence-electron chi connectivity index (χ2n) is 5.52. The Bertz CT molecular complexity index is 729. The number of hydrogen-bond donors (Lipinski definition) is 2. The number of amides is 1. The maximum atomic E-state index is 12.2. The largest absolute Gasteiger partial charge is 0.387 e. The van der Waals surface area contributed by atoms with Gasteiger partial charge in [-0.2, -0.15) is 0 Å². The lowest BCUT2D eigenvalue weighted by Gasteiger charge is -2.15. The van der Waals surface area contributed by atoms with Gasteiger partial charge in [-0.15, -0.1) is 0 Å². The van der Waals surface area contributed by atoms with Crippen LogP contribution in [0.2, 0.25) is 0 Å². The lowest BCUT2D eigenvalue weighted by molar-refractivity contribution is -0.384. The first kappa shape index (κ1) is 17.4.